The lowest BCUT2D eigenvalue weighted by molar-refractivity contribution is -0.132. The molecule has 7 nitrogen and oxygen atoms in total. The molecule has 2 aliphatic heterocycles. The van der Waals surface area contributed by atoms with Crippen LogP contribution in [0.1, 0.15) is 18.4 Å². The van der Waals surface area contributed by atoms with E-state index >= 15 is 0 Å². The molecule has 1 N–H and O–H groups in total. The fourth-order valence-corrected chi connectivity index (χ4v) is 6.33. The van der Waals surface area contributed by atoms with E-state index in [-0.39, 0.29) is 29.7 Å². The van der Waals surface area contributed by atoms with Crippen LogP contribution in [0.2, 0.25) is 0 Å². The Morgan fingerprint density at radius 3 is 2.58 bits per heavy atom. The van der Waals surface area contributed by atoms with Crippen molar-refractivity contribution in [2.24, 2.45) is 0 Å². The topological polar surface area (TPSA) is 86.8 Å². The predicted octanol–water partition coefficient (Wildman–Crippen LogP) is 2.72. The van der Waals surface area contributed by atoms with Crippen LogP contribution in [-0.2, 0) is 19.6 Å². The highest BCUT2D eigenvalue weighted by Crippen LogP contribution is 2.36. The summed E-state index contributed by atoms with van der Waals surface area (Å²) in [6.07, 6.45) is 0.652. The Hall–Kier alpha value is -2.36. The van der Waals surface area contributed by atoms with Gasteiger partial charge in [0.1, 0.15) is 0 Å². The Kier molecular flexibility index (Phi) is 6.36. The number of benzene rings is 2. The Labute approximate surface area is 186 Å². The molecule has 2 aliphatic rings. The monoisotopic (exact) mass is 459 g/mol. The standard InChI is InChI=1S/C22H25N3O4S2/c1-16-7-9-17(10-8-16)31(28,29)25-12-4-11-24(13-14-25)21(26)15-20-22(27)23-18-5-2-3-6-19(18)30-20/h2-3,5-10,20H,4,11-15H2,1H3,(H,23,27)/t20-/m0/s1. The van der Waals surface area contributed by atoms with Crippen molar-refractivity contribution in [3.8, 4) is 0 Å². The number of nitrogens with one attached hydrogen (secondary N) is 1. The number of fused-ring (bicyclic) bond motifs is 1. The van der Waals surface area contributed by atoms with Crippen LogP contribution in [0.15, 0.2) is 58.3 Å². The first kappa shape index (κ1) is 21.9. The fraction of sp³-hybridized carbons (Fsp3) is 0.364. The zero-order valence-electron chi connectivity index (χ0n) is 17.3. The zero-order valence-corrected chi connectivity index (χ0v) is 18.9. The number of nitrogens with zero attached hydrogens (tertiary/aromatic N) is 2. The van der Waals surface area contributed by atoms with Crippen molar-refractivity contribution < 1.29 is 18.0 Å². The molecule has 1 saturated heterocycles. The lowest BCUT2D eigenvalue weighted by atomic mass is 10.2. The van der Waals surface area contributed by atoms with E-state index in [1.54, 1.807) is 29.2 Å². The summed E-state index contributed by atoms with van der Waals surface area (Å²) >= 11 is 1.40. The molecule has 0 unspecified atom stereocenters. The van der Waals surface area contributed by atoms with E-state index in [0.29, 0.717) is 26.1 Å². The van der Waals surface area contributed by atoms with Gasteiger partial charge < -0.3 is 10.2 Å². The second kappa shape index (κ2) is 9.02. The molecular formula is C22H25N3O4S2. The summed E-state index contributed by atoms with van der Waals surface area (Å²) in [5, 5.41) is 2.37. The highest BCUT2D eigenvalue weighted by Gasteiger charge is 2.32. The number of sulfonamides is 1. The summed E-state index contributed by atoms with van der Waals surface area (Å²) in [5.74, 6) is -0.294. The molecule has 31 heavy (non-hydrogen) atoms. The third-order valence-electron chi connectivity index (χ3n) is 5.53. The number of amides is 2. The lowest BCUT2D eigenvalue weighted by Crippen LogP contribution is -2.40. The van der Waals surface area contributed by atoms with E-state index in [9.17, 15) is 18.0 Å². The van der Waals surface area contributed by atoms with Crippen LogP contribution in [0.25, 0.3) is 0 Å². The van der Waals surface area contributed by atoms with Gasteiger partial charge in [0.25, 0.3) is 0 Å². The van der Waals surface area contributed by atoms with Gasteiger partial charge in [-0.2, -0.15) is 4.31 Å². The van der Waals surface area contributed by atoms with Crippen LogP contribution in [0.4, 0.5) is 5.69 Å². The summed E-state index contributed by atoms with van der Waals surface area (Å²) in [6.45, 7) is 3.32. The van der Waals surface area contributed by atoms with Gasteiger partial charge in [-0.3, -0.25) is 9.59 Å². The molecule has 0 saturated carbocycles. The highest BCUT2D eigenvalue weighted by molar-refractivity contribution is 8.01. The van der Waals surface area contributed by atoms with E-state index < -0.39 is 15.3 Å². The zero-order chi connectivity index (χ0) is 22.0. The highest BCUT2D eigenvalue weighted by atomic mass is 32.2. The van der Waals surface area contributed by atoms with Gasteiger partial charge in [-0.15, -0.1) is 11.8 Å². The van der Waals surface area contributed by atoms with E-state index in [1.807, 2.05) is 31.2 Å². The van der Waals surface area contributed by atoms with Crippen LogP contribution < -0.4 is 5.32 Å². The van der Waals surface area contributed by atoms with Crippen LogP contribution in [0, 0.1) is 6.92 Å². The molecule has 0 radical (unpaired) electrons. The van der Waals surface area contributed by atoms with Crippen molar-refractivity contribution in [1.82, 2.24) is 9.21 Å². The maximum absolute atomic E-state index is 13.0. The van der Waals surface area contributed by atoms with E-state index in [4.69, 9.17) is 0 Å². The maximum Gasteiger partial charge on any atom is 0.243 e. The van der Waals surface area contributed by atoms with Crippen molar-refractivity contribution in [2.75, 3.05) is 31.5 Å². The Morgan fingerprint density at radius 2 is 1.81 bits per heavy atom. The quantitative estimate of drug-likeness (QED) is 0.760. The number of para-hydroxylation sites is 1. The van der Waals surface area contributed by atoms with Gasteiger partial charge in [0.05, 0.1) is 15.8 Å². The van der Waals surface area contributed by atoms with Crippen LogP contribution in [-0.4, -0.2) is 60.9 Å². The van der Waals surface area contributed by atoms with Crippen LogP contribution in [0.5, 0.6) is 0 Å². The minimum absolute atomic E-state index is 0.0928. The molecular weight excluding hydrogens is 434 g/mol. The summed E-state index contributed by atoms with van der Waals surface area (Å²) < 4.78 is 27.4. The fourth-order valence-electron chi connectivity index (χ4n) is 3.76. The molecule has 2 aromatic carbocycles. The van der Waals surface area contributed by atoms with Crippen LogP contribution >= 0.6 is 11.8 Å². The number of anilines is 1. The average Bonchev–Trinajstić information content (AvgIpc) is 3.01. The molecule has 2 heterocycles. The number of rotatable bonds is 4. The number of carbonyl (C=O) groups excluding carboxylic acids is 2. The third kappa shape index (κ3) is 4.78. The number of hydrogen-bond acceptors (Lipinski definition) is 5. The van der Waals surface area contributed by atoms with Crippen LogP contribution in [0.3, 0.4) is 0 Å². The van der Waals surface area contributed by atoms with Gasteiger partial charge in [0, 0.05) is 37.5 Å². The van der Waals surface area contributed by atoms with Gasteiger partial charge in [0.15, 0.2) is 0 Å². The number of hydrogen-bond donors (Lipinski definition) is 1. The second-order valence-corrected chi connectivity index (χ2v) is 10.9. The predicted molar refractivity (Wildman–Crippen MR) is 120 cm³/mol. The molecule has 1 fully saturated rings. The molecule has 164 valence electrons. The first-order valence-corrected chi connectivity index (χ1v) is 12.6. The smallest absolute Gasteiger partial charge is 0.243 e. The number of thioether (sulfide) groups is 1. The normalized spacial score (nSPS) is 20.0. The van der Waals surface area contributed by atoms with Crippen molar-refractivity contribution in [2.45, 2.75) is 34.8 Å². The van der Waals surface area contributed by atoms with Gasteiger partial charge in [0.2, 0.25) is 21.8 Å². The SMILES string of the molecule is Cc1ccc(S(=O)(=O)N2CCCN(C(=O)C[C@@H]3Sc4ccccc4NC3=O)CC2)cc1. The Balaban J connectivity index is 1.39. The maximum atomic E-state index is 13.0. The van der Waals surface area contributed by atoms with E-state index in [1.165, 1.54) is 16.1 Å². The molecule has 0 aromatic heterocycles. The lowest BCUT2D eigenvalue weighted by Gasteiger charge is -2.26. The third-order valence-corrected chi connectivity index (χ3v) is 8.72. The first-order valence-electron chi connectivity index (χ1n) is 10.3. The Bertz CT molecular complexity index is 1090. The van der Waals surface area contributed by atoms with E-state index in [2.05, 4.69) is 5.32 Å². The minimum Gasteiger partial charge on any atom is -0.341 e. The van der Waals surface area contributed by atoms with Crippen molar-refractivity contribution in [1.29, 1.82) is 0 Å². The van der Waals surface area contributed by atoms with Gasteiger partial charge in [-0.05, 0) is 37.6 Å². The molecule has 9 heteroatoms. The average molecular weight is 460 g/mol. The number of carbonyl (C=O) groups is 2. The Morgan fingerprint density at radius 1 is 1.06 bits per heavy atom. The molecule has 1 atom stereocenters. The van der Waals surface area contributed by atoms with E-state index in [0.717, 1.165) is 16.1 Å². The molecule has 0 bridgehead atoms. The molecule has 0 aliphatic carbocycles. The van der Waals surface area contributed by atoms with Crippen molar-refractivity contribution in [3.63, 3.8) is 0 Å². The summed E-state index contributed by atoms with van der Waals surface area (Å²) in [5.41, 5.74) is 1.77. The van der Waals surface area contributed by atoms with Gasteiger partial charge in [-0.1, -0.05) is 29.8 Å². The summed E-state index contributed by atoms with van der Waals surface area (Å²) in [7, 11) is -3.59. The van der Waals surface area contributed by atoms with Crippen molar-refractivity contribution in [3.05, 3.63) is 54.1 Å². The minimum atomic E-state index is -3.59. The largest absolute Gasteiger partial charge is 0.341 e. The second-order valence-electron chi connectivity index (χ2n) is 7.75. The molecule has 2 amide bonds. The van der Waals surface area contributed by atoms with Gasteiger partial charge >= 0.3 is 0 Å². The summed E-state index contributed by atoms with van der Waals surface area (Å²) in [4.78, 5) is 28.2. The van der Waals surface area contributed by atoms with Crippen molar-refractivity contribution >= 4 is 39.3 Å². The first-order chi connectivity index (χ1) is 14.8. The summed E-state index contributed by atoms with van der Waals surface area (Å²) in [6, 6.07) is 14.3. The molecule has 4 rings (SSSR count). The molecule has 0 spiro atoms. The molecule has 2 aromatic rings. The number of aryl methyl sites for hydroxylation is 1. The van der Waals surface area contributed by atoms with Gasteiger partial charge in [-0.25, -0.2) is 8.42 Å².